The second-order valence-electron chi connectivity index (χ2n) is 5.62. The minimum absolute atomic E-state index is 0.122. The smallest absolute Gasteiger partial charge is 0.259 e. The van der Waals surface area contributed by atoms with E-state index in [0.717, 1.165) is 26.6 Å². The number of aromatic nitrogens is 1. The van der Waals surface area contributed by atoms with Gasteiger partial charge in [0.25, 0.3) is 5.91 Å². The lowest BCUT2D eigenvalue weighted by molar-refractivity contribution is -0.119. The summed E-state index contributed by atoms with van der Waals surface area (Å²) in [7, 11) is 3.98. The zero-order valence-electron chi connectivity index (χ0n) is 14.1. The summed E-state index contributed by atoms with van der Waals surface area (Å²) >= 11 is 1.52. The molecule has 1 heterocycles. The second-order valence-corrected chi connectivity index (χ2v) is 6.65. The molecule has 2 aromatic carbocycles. The fourth-order valence-electron chi connectivity index (χ4n) is 2.18. The van der Waals surface area contributed by atoms with E-state index >= 15 is 0 Å². The molecule has 0 saturated heterocycles. The Kier molecular flexibility index (Phi) is 5.25. The second kappa shape index (κ2) is 7.76. The number of para-hydroxylation sites is 1. The van der Waals surface area contributed by atoms with Crippen molar-refractivity contribution in [3.8, 4) is 0 Å². The first-order valence-corrected chi connectivity index (χ1v) is 8.62. The first-order valence-electron chi connectivity index (χ1n) is 7.80. The van der Waals surface area contributed by atoms with E-state index < -0.39 is 0 Å². The Balaban J connectivity index is 1.48. The van der Waals surface area contributed by atoms with Gasteiger partial charge in [-0.15, -0.1) is 0 Å². The highest BCUT2D eigenvalue weighted by atomic mass is 32.1. The van der Waals surface area contributed by atoms with Crippen molar-refractivity contribution in [1.29, 1.82) is 0 Å². The van der Waals surface area contributed by atoms with Gasteiger partial charge in [0.2, 0.25) is 0 Å². The van der Waals surface area contributed by atoms with Crippen molar-refractivity contribution >= 4 is 44.5 Å². The van der Waals surface area contributed by atoms with Crippen molar-refractivity contribution in [3.63, 3.8) is 0 Å². The zero-order valence-corrected chi connectivity index (χ0v) is 14.9. The van der Waals surface area contributed by atoms with E-state index in [4.69, 9.17) is 0 Å². The quantitative estimate of drug-likeness (QED) is 0.528. The van der Waals surface area contributed by atoms with E-state index in [-0.39, 0.29) is 12.5 Å². The van der Waals surface area contributed by atoms with Crippen LogP contribution in [0.2, 0.25) is 0 Å². The molecular formula is C18H19N5OS. The summed E-state index contributed by atoms with van der Waals surface area (Å²) in [6.45, 7) is 0.122. The third-order valence-corrected chi connectivity index (χ3v) is 4.50. The third kappa shape index (κ3) is 4.54. The lowest BCUT2D eigenvalue weighted by atomic mass is 10.2. The predicted octanol–water partition coefficient (Wildman–Crippen LogP) is 2.92. The van der Waals surface area contributed by atoms with Crippen LogP contribution in [0, 0.1) is 0 Å². The molecule has 3 aromatic rings. The third-order valence-electron chi connectivity index (χ3n) is 3.51. The molecule has 25 heavy (non-hydrogen) atoms. The van der Waals surface area contributed by atoms with Gasteiger partial charge in [-0.05, 0) is 29.8 Å². The molecular weight excluding hydrogens is 334 g/mol. The number of nitrogens with one attached hydrogen (secondary N) is 2. The van der Waals surface area contributed by atoms with E-state index in [0.29, 0.717) is 0 Å². The Morgan fingerprint density at radius 1 is 1.20 bits per heavy atom. The number of hydrogen-bond acceptors (Lipinski definition) is 6. The Bertz CT molecular complexity index is 853. The van der Waals surface area contributed by atoms with Crippen LogP contribution in [0.3, 0.4) is 0 Å². The summed E-state index contributed by atoms with van der Waals surface area (Å²) in [6.07, 6.45) is 1.62. The van der Waals surface area contributed by atoms with Crippen LogP contribution in [0.1, 0.15) is 5.56 Å². The lowest BCUT2D eigenvalue weighted by Crippen LogP contribution is -2.25. The van der Waals surface area contributed by atoms with Crippen molar-refractivity contribution < 1.29 is 4.79 Å². The summed E-state index contributed by atoms with van der Waals surface area (Å²) in [5.74, 6) is -0.222. The first-order chi connectivity index (χ1) is 12.1. The highest BCUT2D eigenvalue weighted by Crippen LogP contribution is 2.24. The van der Waals surface area contributed by atoms with E-state index in [2.05, 4.69) is 20.8 Å². The van der Waals surface area contributed by atoms with Gasteiger partial charge in [0.1, 0.15) is 0 Å². The zero-order chi connectivity index (χ0) is 17.6. The highest BCUT2D eigenvalue weighted by molar-refractivity contribution is 7.22. The first kappa shape index (κ1) is 16.9. The molecule has 3 rings (SSSR count). The minimum Gasteiger partial charge on any atom is -0.378 e. The minimum atomic E-state index is -0.222. The number of carbonyl (C=O) groups excluding carboxylic acids is 1. The van der Waals surface area contributed by atoms with Crippen LogP contribution in [-0.2, 0) is 4.79 Å². The van der Waals surface area contributed by atoms with Crippen LogP contribution in [0.25, 0.3) is 10.2 Å². The summed E-state index contributed by atoms with van der Waals surface area (Å²) < 4.78 is 1.09. The number of nitrogens with zero attached hydrogens (tertiary/aromatic N) is 3. The summed E-state index contributed by atoms with van der Waals surface area (Å²) in [5.41, 5.74) is 5.47. The standard InChI is InChI=1S/C18H19N5OS/c1-23(2)14-9-7-13(8-10-14)11-20-22-17(24)12-19-18-21-15-5-3-4-6-16(15)25-18/h3-11H,12H2,1-2H3,(H,19,21)(H,22,24)/b20-11-. The van der Waals surface area contributed by atoms with Gasteiger partial charge in [-0.25, -0.2) is 10.4 Å². The van der Waals surface area contributed by atoms with Crippen LogP contribution in [0.5, 0.6) is 0 Å². The Labute approximate surface area is 150 Å². The number of hydrazone groups is 1. The van der Waals surface area contributed by atoms with Crippen LogP contribution in [-0.4, -0.2) is 37.7 Å². The summed E-state index contributed by atoms with van der Waals surface area (Å²) in [5, 5.41) is 7.72. The van der Waals surface area contributed by atoms with Gasteiger partial charge in [0.15, 0.2) is 5.13 Å². The maximum atomic E-state index is 11.8. The van der Waals surface area contributed by atoms with Crippen molar-refractivity contribution in [2.45, 2.75) is 0 Å². The van der Waals surface area contributed by atoms with E-state index in [9.17, 15) is 4.79 Å². The lowest BCUT2D eigenvalue weighted by Gasteiger charge is -2.11. The van der Waals surface area contributed by atoms with Gasteiger partial charge in [-0.1, -0.05) is 35.6 Å². The summed E-state index contributed by atoms with van der Waals surface area (Å²) in [4.78, 5) is 18.3. The molecule has 0 fully saturated rings. The molecule has 0 unspecified atom stereocenters. The van der Waals surface area contributed by atoms with E-state index in [1.54, 1.807) is 6.21 Å². The number of carbonyl (C=O) groups is 1. The fourth-order valence-corrected chi connectivity index (χ4v) is 3.04. The number of thiazole rings is 1. The largest absolute Gasteiger partial charge is 0.378 e. The number of anilines is 2. The van der Waals surface area contributed by atoms with Crippen molar-refractivity contribution in [1.82, 2.24) is 10.4 Å². The van der Waals surface area contributed by atoms with Gasteiger partial charge < -0.3 is 10.2 Å². The molecule has 0 bridgehead atoms. The van der Waals surface area contributed by atoms with Gasteiger partial charge in [-0.3, -0.25) is 4.79 Å². The Morgan fingerprint density at radius 3 is 2.68 bits per heavy atom. The topological polar surface area (TPSA) is 69.6 Å². The van der Waals surface area contributed by atoms with E-state index in [1.165, 1.54) is 11.3 Å². The number of fused-ring (bicyclic) bond motifs is 1. The monoisotopic (exact) mass is 353 g/mol. The Hall–Kier alpha value is -2.93. The molecule has 0 radical (unpaired) electrons. The molecule has 1 amide bonds. The van der Waals surface area contributed by atoms with Crippen LogP contribution in [0.4, 0.5) is 10.8 Å². The predicted molar refractivity (Wildman–Crippen MR) is 105 cm³/mol. The van der Waals surface area contributed by atoms with Crippen LogP contribution >= 0.6 is 11.3 Å². The summed E-state index contributed by atoms with van der Waals surface area (Å²) in [6, 6.07) is 15.8. The van der Waals surface area contributed by atoms with Crippen molar-refractivity contribution in [2.75, 3.05) is 30.9 Å². The average molecular weight is 353 g/mol. The van der Waals surface area contributed by atoms with Gasteiger partial charge in [-0.2, -0.15) is 5.10 Å². The van der Waals surface area contributed by atoms with Crippen LogP contribution < -0.4 is 15.6 Å². The Morgan fingerprint density at radius 2 is 1.96 bits per heavy atom. The molecule has 7 heteroatoms. The number of amides is 1. The molecule has 0 aliphatic heterocycles. The number of hydrogen-bond donors (Lipinski definition) is 2. The molecule has 0 saturated carbocycles. The maximum Gasteiger partial charge on any atom is 0.259 e. The number of benzene rings is 2. The molecule has 0 spiro atoms. The molecule has 2 N–H and O–H groups in total. The molecule has 0 aliphatic rings. The van der Waals surface area contributed by atoms with Crippen molar-refractivity contribution in [3.05, 3.63) is 54.1 Å². The molecule has 128 valence electrons. The molecule has 6 nitrogen and oxygen atoms in total. The molecule has 0 aliphatic carbocycles. The van der Waals surface area contributed by atoms with Gasteiger partial charge >= 0.3 is 0 Å². The van der Waals surface area contributed by atoms with E-state index in [1.807, 2.05) is 67.5 Å². The average Bonchev–Trinajstić information content (AvgIpc) is 3.03. The number of rotatable bonds is 6. The fraction of sp³-hybridized carbons (Fsp3) is 0.167. The van der Waals surface area contributed by atoms with Crippen molar-refractivity contribution in [2.24, 2.45) is 5.10 Å². The van der Waals surface area contributed by atoms with Gasteiger partial charge in [0, 0.05) is 19.8 Å². The SMILES string of the molecule is CN(C)c1ccc(/C=N\NC(=O)CNc2nc3ccccc3s2)cc1. The van der Waals surface area contributed by atoms with Gasteiger partial charge in [0.05, 0.1) is 23.0 Å². The van der Waals surface area contributed by atoms with Crippen LogP contribution in [0.15, 0.2) is 53.6 Å². The normalized spacial score (nSPS) is 11.0. The highest BCUT2D eigenvalue weighted by Gasteiger charge is 2.04. The maximum absolute atomic E-state index is 11.8. The molecule has 0 atom stereocenters. The molecule has 1 aromatic heterocycles.